The lowest BCUT2D eigenvalue weighted by atomic mass is 9.68. The predicted octanol–water partition coefficient (Wildman–Crippen LogP) is 5.53. The molecule has 1 aromatic heterocycles. The van der Waals surface area contributed by atoms with Gasteiger partial charge in [0.2, 0.25) is 0 Å². The van der Waals surface area contributed by atoms with Crippen LogP contribution in [-0.4, -0.2) is 35.6 Å². The van der Waals surface area contributed by atoms with Gasteiger partial charge < -0.3 is 9.30 Å². The Morgan fingerprint density at radius 1 is 1.13 bits per heavy atom. The maximum atomic E-state index is 13.1. The van der Waals surface area contributed by atoms with E-state index in [9.17, 15) is 4.79 Å². The van der Waals surface area contributed by atoms with Crippen molar-refractivity contribution in [2.75, 3.05) is 20.2 Å². The molecule has 0 N–H and O–H groups in total. The number of nitrogens with zero attached hydrogens (tertiary/aromatic N) is 2. The molecule has 0 saturated carbocycles. The van der Waals surface area contributed by atoms with Gasteiger partial charge in [-0.05, 0) is 37.1 Å². The lowest BCUT2D eigenvalue weighted by Gasteiger charge is -2.51. The van der Waals surface area contributed by atoms with Crippen molar-refractivity contribution in [1.82, 2.24) is 9.47 Å². The largest absolute Gasteiger partial charge is 0.469 e. The third-order valence-electron chi connectivity index (χ3n) is 7.32. The fourth-order valence-corrected chi connectivity index (χ4v) is 7.29. The quantitative estimate of drug-likeness (QED) is 0.404. The van der Waals surface area contributed by atoms with Crippen molar-refractivity contribution >= 4 is 28.6 Å². The number of esters is 1. The molecule has 3 heterocycles. The Labute approximate surface area is 186 Å². The third-order valence-corrected chi connectivity index (χ3v) is 8.49. The van der Waals surface area contributed by atoms with E-state index in [2.05, 4.69) is 77.1 Å². The van der Waals surface area contributed by atoms with Crippen molar-refractivity contribution in [3.8, 4) is 0 Å². The summed E-state index contributed by atoms with van der Waals surface area (Å²) in [5.74, 6) is -0.103. The molecule has 3 aromatic rings. The van der Waals surface area contributed by atoms with Gasteiger partial charge in [-0.2, -0.15) is 0 Å². The molecular formula is C26H26N2O2S. The summed E-state index contributed by atoms with van der Waals surface area (Å²) in [5, 5.41) is 1.47. The van der Waals surface area contributed by atoms with Crippen LogP contribution in [-0.2, 0) is 9.53 Å². The normalized spacial score (nSPS) is 28.1. The number of allylic oxidation sites excluding steroid dienone is 1. The summed E-state index contributed by atoms with van der Waals surface area (Å²) in [4.78, 5) is 17.1. The third kappa shape index (κ3) is 2.76. The van der Waals surface area contributed by atoms with E-state index in [1.807, 2.05) is 11.8 Å². The van der Waals surface area contributed by atoms with Crippen LogP contribution in [0.15, 0.2) is 71.1 Å². The van der Waals surface area contributed by atoms with E-state index in [1.54, 1.807) is 0 Å². The number of ether oxygens (including phenoxy) is 1. The Morgan fingerprint density at radius 2 is 1.90 bits per heavy atom. The molecule has 31 heavy (non-hydrogen) atoms. The SMILES string of the molecule is C/C=C1/CN2CC(Sc3ccccc3)n3c4c(c5ccccc53)[C@@H](C(=O)OC)[C@H]1C[C@@H]42. The summed E-state index contributed by atoms with van der Waals surface area (Å²) in [6.45, 7) is 4.05. The highest BCUT2D eigenvalue weighted by atomic mass is 32.2. The molecule has 1 unspecified atom stereocenters. The number of hydrogen-bond donors (Lipinski definition) is 0. The van der Waals surface area contributed by atoms with Gasteiger partial charge in [-0.3, -0.25) is 9.69 Å². The van der Waals surface area contributed by atoms with Crippen molar-refractivity contribution in [3.63, 3.8) is 0 Å². The van der Waals surface area contributed by atoms with Gasteiger partial charge in [-0.15, -0.1) is 0 Å². The fourth-order valence-electron chi connectivity index (χ4n) is 6.06. The van der Waals surface area contributed by atoms with E-state index in [0.717, 1.165) is 19.5 Å². The van der Waals surface area contributed by atoms with Gasteiger partial charge in [0.25, 0.3) is 0 Å². The van der Waals surface area contributed by atoms with E-state index in [1.165, 1.54) is 39.7 Å². The molecule has 3 aliphatic rings. The van der Waals surface area contributed by atoms with Crippen molar-refractivity contribution in [2.24, 2.45) is 5.92 Å². The summed E-state index contributed by atoms with van der Waals surface area (Å²) in [5.41, 5.74) is 5.15. The summed E-state index contributed by atoms with van der Waals surface area (Å²) < 4.78 is 7.90. The molecule has 4 atom stereocenters. The van der Waals surface area contributed by atoms with Gasteiger partial charge in [-0.1, -0.05) is 59.8 Å². The Hall–Kier alpha value is -2.50. The maximum absolute atomic E-state index is 13.1. The second-order valence-electron chi connectivity index (χ2n) is 8.72. The number of piperidine rings is 1. The van der Waals surface area contributed by atoms with Crippen LogP contribution in [0.3, 0.4) is 0 Å². The molecule has 4 nitrogen and oxygen atoms in total. The van der Waals surface area contributed by atoms with E-state index in [0.29, 0.717) is 6.04 Å². The molecule has 6 rings (SSSR count). The minimum atomic E-state index is -0.226. The van der Waals surface area contributed by atoms with Crippen LogP contribution in [0.5, 0.6) is 0 Å². The molecule has 1 saturated heterocycles. The highest BCUT2D eigenvalue weighted by molar-refractivity contribution is 7.99. The smallest absolute Gasteiger partial charge is 0.313 e. The van der Waals surface area contributed by atoms with Crippen LogP contribution < -0.4 is 0 Å². The number of aromatic nitrogens is 1. The summed E-state index contributed by atoms with van der Waals surface area (Å²) >= 11 is 1.92. The first-order valence-corrected chi connectivity index (χ1v) is 11.9. The van der Waals surface area contributed by atoms with Crippen LogP contribution in [0.1, 0.15) is 41.9 Å². The lowest BCUT2D eigenvalue weighted by Crippen LogP contribution is -2.50. The zero-order valence-electron chi connectivity index (χ0n) is 17.8. The minimum absolute atomic E-state index is 0.103. The molecule has 1 aliphatic carbocycles. The van der Waals surface area contributed by atoms with Gasteiger partial charge in [0, 0.05) is 40.5 Å². The standard InChI is InChI=1S/C26H26N2O2S/c1-3-16-14-27-15-22(31-17-9-5-4-6-10-17)28-20-12-8-7-11-18(20)23-24(26(29)30-2)19(16)13-21(27)25(23)28/h3-12,19,21-22,24H,13-15H2,1-2H3/b16-3-/t19-,21-,22?,24-/m0/s1. The minimum Gasteiger partial charge on any atom is -0.469 e. The topological polar surface area (TPSA) is 34.5 Å². The predicted molar refractivity (Wildman–Crippen MR) is 124 cm³/mol. The lowest BCUT2D eigenvalue weighted by molar-refractivity contribution is -0.144. The molecule has 0 amide bonds. The average Bonchev–Trinajstić information content (AvgIpc) is 3.15. The molecule has 2 bridgehead atoms. The van der Waals surface area contributed by atoms with Crippen LogP contribution in [0.4, 0.5) is 0 Å². The first-order valence-electron chi connectivity index (χ1n) is 11.0. The van der Waals surface area contributed by atoms with Gasteiger partial charge in [0.1, 0.15) is 0 Å². The summed E-state index contributed by atoms with van der Waals surface area (Å²) in [7, 11) is 1.53. The van der Waals surface area contributed by atoms with Crippen LogP contribution in [0.25, 0.3) is 10.9 Å². The van der Waals surface area contributed by atoms with E-state index < -0.39 is 0 Å². The molecule has 2 aliphatic heterocycles. The monoisotopic (exact) mass is 430 g/mol. The number of methoxy groups -OCH3 is 1. The van der Waals surface area contributed by atoms with Crippen molar-refractivity contribution in [1.29, 1.82) is 0 Å². The highest BCUT2D eigenvalue weighted by Crippen LogP contribution is 2.57. The van der Waals surface area contributed by atoms with E-state index >= 15 is 0 Å². The summed E-state index contributed by atoms with van der Waals surface area (Å²) in [6.07, 6.45) is 3.22. The molecule has 158 valence electrons. The van der Waals surface area contributed by atoms with Crippen molar-refractivity contribution < 1.29 is 9.53 Å². The first-order chi connectivity index (χ1) is 15.2. The second kappa shape index (κ2) is 7.28. The molecule has 5 heteroatoms. The zero-order valence-corrected chi connectivity index (χ0v) is 18.6. The second-order valence-corrected chi connectivity index (χ2v) is 9.97. The number of carbonyl (C=O) groups excluding carboxylic acids is 1. The zero-order chi connectivity index (χ0) is 21.1. The van der Waals surface area contributed by atoms with Crippen molar-refractivity contribution in [2.45, 2.75) is 35.6 Å². The Balaban J connectivity index is 1.61. The van der Waals surface area contributed by atoms with E-state index in [4.69, 9.17) is 4.74 Å². The Morgan fingerprint density at radius 3 is 2.68 bits per heavy atom. The first kappa shape index (κ1) is 19.2. The number of hydrogen-bond acceptors (Lipinski definition) is 4. The average molecular weight is 431 g/mol. The number of rotatable bonds is 3. The molecule has 2 aromatic carbocycles. The van der Waals surface area contributed by atoms with Gasteiger partial charge in [0.05, 0.1) is 24.4 Å². The van der Waals surface area contributed by atoms with Crippen molar-refractivity contribution in [3.05, 3.63) is 77.5 Å². The van der Waals surface area contributed by atoms with Gasteiger partial charge >= 0.3 is 5.97 Å². The molecular weight excluding hydrogens is 404 g/mol. The maximum Gasteiger partial charge on any atom is 0.313 e. The number of benzene rings is 2. The van der Waals surface area contributed by atoms with Crippen LogP contribution in [0, 0.1) is 5.92 Å². The molecule has 1 fully saturated rings. The summed E-state index contributed by atoms with van der Waals surface area (Å²) in [6, 6.07) is 19.6. The molecule has 0 radical (unpaired) electrons. The Kier molecular flexibility index (Phi) is 4.51. The van der Waals surface area contributed by atoms with Gasteiger partial charge in [0.15, 0.2) is 0 Å². The fraction of sp³-hybridized carbons (Fsp3) is 0.346. The van der Waals surface area contributed by atoms with Gasteiger partial charge in [-0.25, -0.2) is 0 Å². The van der Waals surface area contributed by atoms with Crippen LogP contribution in [0.2, 0.25) is 0 Å². The number of carbonyl (C=O) groups is 1. The van der Waals surface area contributed by atoms with Crippen LogP contribution >= 0.6 is 11.8 Å². The number of para-hydroxylation sites is 1. The Bertz CT molecular complexity index is 1200. The van der Waals surface area contributed by atoms with E-state index in [-0.39, 0.29) is 23.2 Å². The molecule has 0 spiro atoms. The highest BCUT2D eigenvalue weighted by Gasteiger charge is 2.51. The number of fused-ring (bicyclic) bond motifs is 4. The number of thioether (sulfide) groups is 1.